The first-order valence-corrected chi connectivity index (χ1v) is 6.72. The summed E-state index contributed by atoms with van der Waals surface area (Å²) in [5.41, 5.74) is -0.260. The third kappa shape index (κ3) is 3.51. The minimum atomic E-state index is -0.824. The zero-order valence-electron chi connectivity index (χ0n) is 12.1. The van der Waals surface area contributed by atoms with Crippen molar-refractivity contribution >= 4 is 0 Å². The molecule has 2 nitrogen and oxygen atoms in total. The maximum Gasteiger partial charge on any atom is 0.163 e. The summed E-state index contributed by atoms with van der Waals surface area (Å²) in [6.45, 7) is 6.63. The fourth-order valence-corrected chi connectivity index (χ4v) is 2.15. The molecule has 1 N–H and O–H groups in total. The van der Waals surface area contributed by atoms with E-state index in [4.69, 9.17) is 4.74 Å². The van der Waals surface area contributed by atoms with Crippen LogP contribution in [0.1, 0.15) is 45.2 Å². The van der Waals surface area contributed by atoms with Crippen molar-refractivity contribution in [2.45, 2.75) is 45.3 Å². The van der Waals surface area contributed by atoms with Crippen molar-refractivity contribution in [1.82, 2.24) is 5.32 Å². The van der Waals surface area contributed by atoms with Crippen molar-refractivity contribution < 1.29 is 13.5 Å². The number of benzene rings is 1. The summed E-state index contributed by atoms with van der Waals surface area (Å²) in [6, 6.07) is 3.89. The first kappa shape index (κ1) is 16.1. The Morgan fingerprint density at radius 3 is 2.53 bits per heavy atom. The van der Waals surface area contributed by atoms with Gasteiger partial charge < -0.3 is 10.1 Å². The van der Waals surface area contributed by atoms with E-state index in [1.807, 2.05) is 20.8 Å². The molecule has 2 unspecified atom stereocenters. The predicted octanol–water partition coefficient (Wildman–Crippen LogP) is 3.82. The molecule has 0 fully saturated rings. The fraction of sp³-hybridized carbons (Fsp3) is 0.600. The second-order valence-corrected chi connectivity index (χ2v) is 4.90. The van der Waals surface area contributed by atoms with E-state index in [1.165, 1.54) is 6.07 Å². The molecule has 0 amide bonds. The maximum absolute atomic E-state index is 14.0. The number of methoxy groups -OCH3 is 1. The van der Waals surface area contributed by atoms with Gasteiger partial charge in [0, 0.05) is 12.7 Å². The summed E-state index contributed by atoms with van der Waals surface area (Å²) in [6.07, 6.45) is 1.61. The van der Waals surface area contributed by atoms with Crippen LogP contribution in [0.25, 0.3) is 0 Å². The normalized spacial score (nSPS) is 16.1. The molecule has 0 radical (unpaired) electrons. The molecule has 0 aliphatic heterocycles. The van der Waals surface area contributed by atoms with Crippen LogP contribution in [0.3, 0.4) is 0 Å². The van der Waals surface area contributed by atoms with Gasteiger partial charge in [0.25, 0.3) is 0 Å². The van der Waals surface area contributed by atoms with Crippen molar-refractivity contribution in [3.63, 3.8) is 0 Å². The van der Waals surface area contributed by atoms with Gasteiger partial charge in [-0.25, -0.2) is 8.78 Å². The number of halogens is 2. The van der Waals surface area contributed by atoms with E-state index in [0.717, 1.165) is 19.0 Å². The minimum absolute atomic E-state index is 0.319. The van der Waals surface area contributed by atoms with Crippen molar-refractivity contribution in [3.8, 4) is 0 Å². The predicted molar refractivity (Wildman–Crippen MR) is 73.1 cm³/mol. The molecule has 108 valence electrons. The molecule has 2 atom stereocenters. The maximum atomic E-state index is 14.0. The third-order valence-corrected chi connectivity index (χ3v) is 3.67. The Kier molecular flexibility index (Phi) is 5.88. The van der Waals surface area contributed by atoms with E-state index in [0.29, 0.717) is 12.0 Å². The number of rotatable bonds is 7. The first-order chi connectivity index (χ1) is 9.00. The Morgan fingerprint density at radius 1 is 1.32 bits per heavy atom. The zero-order chi connectivity index (χ0) is 14.5. The summed E-state index contributed by atoms with van der Waals surface area (Å²) in [5.74, 6) is -1.62. The Morgan fingerprint density at radius 2 is 2.00 bits per heavy atom. The lowest BCUT2D eigenvalue weighted by Crippen LogP contribution is -2.43. The van der Waals surface area contributed by atoms with Crippen LogP contribution in [0.5, 0.6) is 0 Å². The van der Waals surface area contributed by atoms with Gasteiger partial charge >= 0.3 is 0 Å². The van der Waals surface area contributed by atoms with Crippen molar-refractivity contribution in [1.29, 1.82) is 0 Å². The largest absolute Gasteiger partial charge is 0.377 e. The molecule has 0 saturated heterocycles. The van der Waals surface area contributed by atoms with Crippen LogP contribution in [0.15, 0.2) is 18.2 Å². The van der Waals surface area contributed by atoms with Gasteiger partial charge in [0.15, 0.2) is 11.6 Å². The van der Waals surface area contributed by atoms with Gasteiger partial charge in [-0.2, -0.15) is 0 Å². The minimum Gasteiger partial charge on any atom is -0.377 e. The summed E-state index contributed by atoms with van der Waals surface area (Å²) in [4.78, 5) is 0. The molecule has 4 heteroatoms. The van der Waals surface area contributed by atoms with Gasteiger partial charge in [0.05, 0.1) is 11.6 Å². The summed E-state index contributed by atoms with van der Waals surface area (Å²) in [5, 5.41) is 3.26. The van der Waals surface area contributed by atoms with Crippen LogP contribution >= 0.6 is 0 Å². The van der Waals surface area contributed by atoms with Crippen LogP contribution < -0.4 is 5.32 Å². The van der Waals surface area contributed by atoms with Crippen molar-refractivity contribution in [3.05, 3.63) is 35.4 Å². The average Bonchev–Trinajstić information content (AvgIpc) is 2.43. The lowest BCUT2D eigenvalue weighted by Gasteiger charge is -2.37. The third-order valence-electron chi connectivity index (χ3n) is 3.67. The molecular formula is C15H23F2NO. The Balaban J connectivity index is 3.19. The van der Waals surface area contributed by atoms with Crippen LogP contribution in [0.4, 0.5) is 8.78 Å². The van der Waals surface area contributed by atoms with Crippen LogP contribution in [0.2, 0.25) is 0 Å². The lowest BCUT2D eigenvalue weighted by molar-refractivity contribution is -0.0309. The van der Waals surface area contributed by atoms with E-state index in [2.05, 4.69) is 5.32 Å². The Hall–Kier alpha value is -1.00. The highest BCUT2D eigenvalue weighted by Gasteiger charge is 2.35. The number of hydrogen-bond donors (Lipinski definition) is 1. The summed E-state index contributed by atoms with van der Waals surface area (Å²) >= 11 is 0. The van der Waals surface area contributed by atoms with Crippen molar-refractivity contribution in [2.24, 2.45) is 0 Å². The monoisotopic (exact) mass is 271 g/mol. The van der Waals surface area contributed by atoms with Gasteiger partial charge in [-0.3, -0.25) is 0 Å². The molecule has 0 spiro atoms. The van der Waals surface area contributed by atoms with Crippen LogP contribution in [0, 0.1) is 11.6 Å². The Labute approximate surface area is 114 Å². The molecule has 0 bridgehead atoms. The van der Waals surface area contributed by atoms with Crippen LogP contribution in [-0.4, -0.2) is 19.3 Å². The van der Waals surface area contributed by atoms with E-state index >= 15 is 0 Å². The van der Waals surface area contributed by atoms with Crippen LogP contribution in [-0.2, 0) is 4.74 Å². The van der Waals surface area contributed by atoms with Gasteiger partial charge in [-0.15, -0.1) is 0 Å². The van der Waals surface area contributed by atoms with Gasteiger partial charge in [0.2, 0.25) is 0 Å². The highest BCUT2D eigenvalue weighted by molar-refractivity contribution is 5.25. The number of ether oxygens (including phenoxy) is 1. The molecule has 1 rings (SSSR count). The molecule has 0 aromatic heterocycles. The SMILES string of the molecule is CCCNC(c1cccc(F)c1F)C(C)(CC)OC. The Bertz CT molecular complexity index is 405. The van der Waals surface area contributed by atoms with E-state index < -0.39 is 17.2 Å². The fourth-order valence-electron chi connectivity index (χ4n) is 2.15. The average molecular weight is 271 g/mol. The zero-order valence-corrected chi connectivity index (χ0v) is 12.1. The standard InChI is InChI=1S/C15H23F2NO/c1-5-10-18-14(15(3,6-2)19-4)11-8-7-9-12(16)13(11)17/h7-9,14,18H,5-6,10H2,1-4H3. The van der Waals surface area contributed by atoms with Gasteiger partial charge in [-0.1, -0.05) is 26.0 Å². The first-order valence-electron chi connectivity index (χ1n) is 6.72. The molecule has 19 heavy (non-hydrogen) atoms. The number of hydrogen-bond acceptors (Lipinski definition) is 2. The van der Waals surface area contributed by atoms with E-state index in [1.54, 1.807) is 13.2 Å². The molecule has 0 heterocycles. The molecule has 0 saturated carbocycles. The van der Waals surface area contributed by atoms with Gasteiger partial charge in [0.1, 0.15) is 0 Å². The van der Waals surface area contributed by atoms with Gasteiger partial charge in [-0.05, 0) is 32.4 Å². The topological polar surface area (TPSA) is 21.3 Å². The highest BCUT2D eigenvalue weighted by atomic mass is 19.2. The summed E-state index contributed by atoms with van der Waals surface area (Å²) < 4.78 is 33.0. The van der Waals surface area contributed by atoms with E-state index in [9.17, 15) is 8.78 Å². The molecule has 0 aliphatic carbocycles. The lowest BCUT2D eigenvalue weighted by atomic mass is 9.87. The second-order valence-electron chi connectivity index (χ2n) is 4.90. The highest BCUT2D eigenvalue weighted by Crippen LogP contribution is 2.33. The smallest absolute Gasteiger partial charge is 0.163 e. The number of nitrogens with one attached hydrogen (secondary N) is 1. The molecular weight excluding hydrogens is 248 g/mol. The molecule has 1 aromatic carbocycles. The summed E-state index contributed by atoms with van der Waals surface area (Å²) in [7, 11) is 1.60. The van der Waals surface area contributed by atoms with Crippen molar-refractivity contribution in [2.75, 3.05) is 13.7 Å². The second kappa shape index (κ2) is 6.96. The molecule has 0 aliphatic rings. The molecule has 1 aromatic rings. The van der Waals surface area contributed by atoms with E-state index in [-0.39, 0.29) is 6.04 Å². The quantitative estimate of drug-likeness (QED) is 0.814.